The number of para-hydroxylation sites is 1. The minimum atomic E-state index is -4.53. The van der Waals surface area contributed by atoms with E-state index in [1.54, 1.807) is 36.7 Å². The number of anilines is 1. The van der Waals surface area contributed by atoms with Crippen LogP contribution in [0, 0.1) is 19.7 Å². The lowest BCUT2D eigenvalue weighted by molar-refractivity contribution is -0.137. The number of hydrogen-bond donors (Lipinski definition) is 2. The Morgan fingerprint density at radius 2 is 1.76 bits per heavy atom. The van der Waals surface area contributed by atoms with Gasteiger partial charge in [0.15, 0.2) is 5.11 Å². The summed E-state index contributed by atoms with van der Waals surface area (Å²) in [6.45, 7) is 3.78. The second-order valence-corrected chi connectivity index (χ2v) is 10.2. The minimum Gasteiger partial charge on any atom is -0.352 e. The fourth-order valence-corrected chi connectivity index (χ4v) is 5.66. The number of hydrogen-bond acceptors (Lipinski definition) is 3. The Hall–Kier alpha value is -4.25. The highest BCUT2D eigenvalue weighted by Gasteiger charge is 2.42. The van der Waals surface area contributed by atoms with Crippen LogP contribution >= 0.6 is 12.2 Å². The van der Waals surface area contributed by atoms with E-state index in [0.717, 1.165) is 11.6 Å². The zero-order chi connectivity index (χ0) is 29.3. The van der Waals surface area contributed by atoms with E-state index in [4.69, 9.17) is 12.2 Å². The van der Waals surface area contributed by atoms with Crippen molar-refractivity contribution in [2.45, 2.75) is 38.5 Å². The number of aromatic nitrogens is 2. The fraction of sp³-hybridized carbons (Fsp3) is 0.233. The average molecular weight is 582 g/mol. The van der Waals surface area contributed by atoms with Gasteiger partial charge in [-0.15, -0.1) is 0 Å². The molecule has 2 aromatic carbocycles. The van der Waals surface area contributed by atoms with Gasteiger partial charge in [0, 0.05) is 36.2 Å². The molecule has 0 spiro atoms. The van der Waals surface area contributed by atoms with Crippen molar-refractivity contribution in [2.24, 2.45) is 0 Å². The maximum absolute atomic E-state index is 13.9. The van der Waals surface area contributed by atoms with Gasteiger partial charge < -0.3 is 20.1 Å². The summed E-state index contributed by atoms with van der Waals surface area (Å²) >= 11 is 5.69. The van der Waals surface area contributed by atoms with Crippen LogP contribution in [0.5, 0.6) is 0 Å². The van der Waals surface area contributed by atoms with Crippen LogP contribution in [-0.2, 0) is 11.0 Å². The molecule has 0 bridgehead atoms. The lowest BCUT2D eigenvalue weighted by Crippen LogP contribution is -2.32. The van der Waals surface area contributed by atoms with Gasteiger partial charge in [-0.25, -0.2) is 4.39 Å². The predicted octanol–water partition coefficient (Wildman–Crippen LogP) is 6.65. The summed E-state index contributed by atoms with van der Waals surface area (Å²) in [5, 5.41) is 6.47. The minimum absolute atomic E-state index is 0.0365. The lowest BCUT2D eigenvalue weighted by atomic mass is 9.96. The van der Waals surface area contributed by atoms with E-state index >= 15 is 0 Å². The van der Waals surface area contributed by atoms with E-state index in [0.29, 0.717) is 27.9 Å². The summed E-state index contributed by atoms with van der Waals surface area (Å²) in [5.41, 5.74) is 2.49. The molecular weight excluding hydrogens is 554 g/mol. The van der Waals surface area contributed by atoms with Gasteiger partial charge in [-0.1, -0.05) is 18.2 Å². The van der Waals surface area contributed by atoms with Gasteiger partial charge in [0.2, 0.25) is 5.91 Å². The Morgan fingerprint density at radius 3 is 2.44 bits per heavy atom. The standard InChI is InChI=1S/C30H27F4N5OS/c1-18-17-22(19(2)39(18)25-9-4-3-7-23(25)30(32,33)34)28-27(24-8-5-6-15-35-24)37-29(41)38(28)16-14-26(40)36-21-12-10-20(31)11-13-21/h3-13,15,17,27-28H,14,16H2,1-2H3,(H,36,40)(H,37,41)/t27-,28+/m1/s1. The number of alkyl halides is 3. The third-order valence-corrected chi connectivity index (χ3v) is 7.50. The van der Waals surface area contributed by atoms with E-state index in [1.807, 2.05) is 23.1 Å². The van der Waals surface area contributed by atoms with E-state index in [9.17, 15) is 22.4 Å². The number of pyridine rings is 1. The van der Waals surface area contributed by atoms with Gasteiger partial charge >= 0.3 is 6.18 Å². The quantitative estimate of drug-likeness (QED) is 0.189. The molecule has 1 aliphatic heterocycles. The molecule has 3 heterocycles. The molecule has 0 radical (unpaired) electrons. The number of amides is 1. The average Bonchev–Trinajstić information content (AvgIpc) is 3.42. The van der Waals surface area contributed by atoms with Crippen molar-refractivity contribution in [1.29, 1.82) is 0 Å². The molecule has 0 saturated carbocycles. The highest BCUT2D eigenvalue weighted by molar-refractivity contribution is 7.80. The predicted molar refractivity (Wildman–Crippen MR) is 152 cm³/mol. The van der Waals surface area contributed by atoms with Crippen molar-refractivity contribution >= 4 is 28.9 Å². The maximum Gasteiger partial charge on any atom is 0.418 e. The first kappa shape index (κ1) is 28.3. The number of carbonyl (C=O) groups excluding carboxylic acids is 1. The smallest absolute Gasteiger partial charge is 0.352 e. The summed E-state index contributed by atoms with van der Waals surface area (Å²) in [6.07, 6.45) is -2.80. The third-order valence-electron chi connectivity index (χ3n) is 7.14. The van der Waals surface area contributed by atoms with Crippen LogP contribution in [0.25, 0.3) is 5.69 Å². The first-order chi connectivity index (χ1) is 19.5. The molecular formula is C30H27F4N5OS. The van der Waals surface area contributed by atoms with Crippen molar-refractivity contribution in [3.8, 4) is 5.69 Å². The Labute approximate surface area is 240 Å². The molecule has 41 heavy (non-hydrogen) atoms. The highest BCUT2D eigenvalue weighted by atomic mass is 32.1. The topological polar surface area (TPSA) is 62.2 Å². The summed E-state index contributed by atoms with van der Waals surface area (Å²) in [7, 11) is 0. The van der Waals surface area contributed by atoms with Crippen molar-refractivity contribution in [3.05, 3.63) is 113 Å². The molecule has 6 nitrogen and oxygen atoms in total. The molecule has 4 aromatic rings. The second-order valence-electron chi connectivity index (χ2n) is 9.80. The van der Waals surface area contributed by atoms with Gasteiger partial charge in [0.1, 0.15) is 5.82 Å². The van der Waals surface area contributed by atoms with E-state index in [-0.39, 0.29) is 24.6 Å². The van der Waals surface area contributed by atoms with Crippen LogP contribution in [-0.4, -0.2) is 32.0 Å². The summed E-state index contributed by atoms with van der Waals surface area (Å²) in [4.78, 5) is 19.2. The van der Waals surface area contributed by atoms with Crippen LogP contribution in [0.15, 0.2) is 79.0 Å². The molecule has 0 unspecified atom stereocenters. The van der Waals surface area contributed by atoms with Crippen LogP contribution < -0.4 is 10.6 Å². The largest absolute Gasteiger partial charge is 0.418 e. The van der Waals surface area contributed by atoms with Crippen molar-refractivity contribution < 1.29 is 22.4 Å². The van der Waals surface area contributed by atoms with E-state index in [1.165, 1.54) is 36.4 Å². The van der Waals surface area contributed by atoms with Crippen molar-refractivity contribution in [1.82, 2.24) is 19.8 Å². The monoisotopic (exact) mass is 581 g/mol. The van der Waals surface area contributed by atoms with Crippen molar-refractivity contribution in [3.63, 3.8) is 0 Å². The molecule has 2 atom stereocenters. The van der Waals surface area contributed by atoms with Crippen LogP contribution in [0.2, 0.25) is 0 Å². The summed E-state index contributed by atoms with van der Waals surface area (Å²) in [6, 6.07) is 17.5. The van der Waals surface area contributed by atoms with Gasteiger partial charge in [-0.05, 0) is 86.2 Å². The molecule has 11 heteroatoms. The number of nitrogens with one attached hydrogen (secondary N) is 2. The molecule has 1 aliphatic rings. The third kappa shape index (κ3) is 5.81. The summed E-state index contributed by atoms with van der Waals surface area (Å²) < 4.78 is 56.7. The Morgan fingerprint density at radius 1 is 1.05 bits per heavy atom. The number of aryl methyl sites for hydroxylation is 1. The number of thiocarbonyl (C=S) groups is 1. The van der Waals surface area contributed by atoms with E-state index in [2.05, 4.69) is 15.6 Å². The second kappa shape index (κ2) is 11.3. The molecule has 2 aromatic heterocycles. The Kier molecular flexibility index (Phi) is 7.81. The molecule has 5 rings (SSSR count). The Bertz CT molecular complexity index is 1570. The number of carbonyl (C=O) groups is 1. The first-order valence-electron chi connectivity index (χ1n) is 12.9. The maximum atomic E-state index is 13.9. The molecule has 1 fully saturated rings. The molecule has 1 saturated heterocycles. The van der Waals surface area contributed by atoms with Crippen molar-refractivity contribution in [2.75, 3.05) is 11.9 Å². The van der Waals surface area contributed by atoms with Gasteiger partial charge in [-0.2, -0.15) is 13.2 Å². The number of benzene rings is 2. The number of rotatable bonds is 7. The first-order valence-corrected chi connectivity index (χ1v) is 13.3. The van der Waals surface area contributed by atoms with Gasteiger partial charge in [-0.3, -0.25) is 9.78 Å². The molecule has 2 N–H and O–H groups in total. The number of nitrogens with zero attached hydrogens (tertiary/aromatic N) is 3. The van der Waals surface area contributed by atoms with Crippen LogP contribution in [0.3, 0.4) is 0 Å². The molecule has 212 valence electrons. The lowest BCUT2D eigenvalue weighted by Gasteiger charge is -2.28. The normalized spacial score (nSPS) is 17.0. The SMILES string of the molecule is Cc1cc([C@H]2[C@@H](c3ccccn3)NC(=S)N2CCC(=O)Nc2ccc(F)cc2)c(C)n1-c1ccccc1C(F)(F)F. The highest BCUT2D eigenvalue weighted by Crippen LogP contribution is 2.42. The van der Waals surface area contributed by atoms with Crippen LogP contribution in [0.4, 0.5) is 23.2 Å². The van der Waals surface area contributed by atoms with E-state index < -0.39 is 29.6 Å². The zero-order valence-electron chi connectivity index (χ0n) is 22.2. The zero-order valence-corrected chi connectivity index (χ0v) is 23.1. The Balaban J connectivity index is 1.51. The van der Waals surface area contributed by atoms with Gasteiger partial charge in [0.25, 0.3) is 0 Å². The number of halogens is 4. The molecule has 0 aliphatic carbocycles. The van der Waals surface area contributed by atoms with Crippen LogP contribution in [0.1, 0.15) is 46.7 Å². The fourth-order valence-electron chi connectivity index (χ4n) is 5.33. The molecule has 1 amide bonds. The van der Waals surface area contributed by atoms with Gasteiger partial charge in [0.05, 0.1) is 29.0 Å². The summed E-state index contributed by atoms with van der Waals surface area (Å²) in [5.74, 6) is -0.695.